The number of hydrogen-bond donors (Lipinski definition) is 1. The molecule has 2 aromatic heterocycles. The van der Waals surface area contributed by atoms with Crippen molar-refractivity contribution < 1.29 is 4.79 Å². The molecule has 1 aliphatic heterocycles. The molecule has 1 amide bonds. The molecule has 4 rings (SSSR count). The van der Waals surface area contributed by atoms with Gasteiger partial charge in [0.15, 0.2) is 0 Å². The molecule has 0 saturated carbocycles. The molecule has 29 heavy (non-hydrogen) atoms. The van der Waals surface area contributed by atoms with Gasteiger partial charge in [-0.2, -0.15) is 10.2 Å². The number of likely N-dealkylation sites (tertiary alicyclic amines) is 1. The van der Waals surface area contributed by atoms with Gasteiger partial charge in [0.25, 0.3) is 0 Å². The van der Waals surface area contributed by atoms with Gasteiger partial charge < -0.3 is 5.32 Å². The number of rotatable bonds is 6. The summed E-state index contributed by atoms with van der Waals surface area (Å²) in [6.07, 6.45) is 7.72. The molecule has 0 unspecified atom stereocenters. The minimum atomic E-state index is -0.00126. The quantitative estimate of drug-likeness (QED) is 0.699. The summed E-state index contributed by atoms with van der Waals surface area (Å²) in [7, 11) is 0. The molecular formula is C22H28N6O. The molecule has 0 bridgehead atoms. The average molecular weight is 393 g/mol. The predicted octanol–water partition coefficient (Wildman–Crippen LogP) is 3.25. The number of aromatic nitrogens is 4. The monoisotopic (exact) mass is 392 g/mol. The molecule has 7 nitrogen and oxygen atoms in total. The number of aryl methyl sites for hydroxylation is 2. The first-order valence-corrected chi connectivity index (χ1v) is 10.3. The van der Waals surface area contributed by atoms with E-state index in [1.54, 1.807) is 10.9 Å². The van der Waals surface area contributed by atoms with E-state index in [2.05, 4.69) is 40.5 Å². The second-order valence-corrected chi connectivity index (χ2v) is 7.66. The van der Waals surface area contributed by atoms with E-state index >= 15 is 0 Å². The van der Waals surface area contributed by atoms with Crippen LogP contribution >= 0.6 is 0 Å². The van der Waals surface area contributed by atoms with Crippen LogP contribution in [0.4, 0.5) is 5.69 Å². The topological polar surface area (TPSA) is 68.0 Å². The van der Waals surface area contributed by atoms with Gasteiger partial charge in [-0.25, -0.2) is 4.68 Å². The molecule has 1 atom stereocenters. The highest BCUT2D eigenvalue weighted by Crippen LogP contribution is 2.22. The fourth-order valence-corrected chi connectivity index (χ4v) is 3.92. The first-order valence-electron chi connectivity index (χ1n) is 10.3. The van der Waals surface area contributed by atoms with E-state index in [0.29, 0.717) is 0 Å². The zero-order valence-electron chi connectivity index (χ0n) is 17.1. The van der Waals surface area contributed by atoms with Crippen LogP contribution in [0, 0.1) is 12.8 Å². The second-order valence-electron chi connectivity index (χ2n) is 7.66. The number of carbonyl (C=O) groups excluding carboxylic acids is 1. The van der Waals surface area contributed by atoms with Crippen LogP contribution in [-0.2, 0) is 17.9 Å². The lowest BCUT2D eigenvalue weighted by atomic mass is 9.96. The summed E-state index contributed by atoms with van der Waals surface area (Å²) in [6, 6.07) is 9.67. The molecule has 1 aromatic carbocycles. The standard InChI is InChI=1S/C22H28N6O/c1-3-27-16-19(17(2)25-27)15-26-11-5-7-18(14-26)22(29)24-20-8-4-9-21(13-20)28-12-6-10-23-28/h4,6,8-10,12-13,16,18H,3,5,7,11,14-15H2,1-2H3,(H,24,29)/t18-/m0/s1. The molecule has 1 fully saturated rings. The fourth-order valence-electron chi connectivity index (χ4n) is 3.92. The van der Waals surface area contributed by atoms with Gasteiger partial charge in [-0.1, -0.05) is 6.07 Å². The van der Waals surface area contributed by atoms with Crippen molar-refractivity contribution in [3.05, 3.63) is 60.2 Å². The normalized spacial score (nSPS) is 17.4. The van der Waals surface area contributed by atoms with Crippen LogP contribution in [0.15, 0.2) is 48.9 Å². The lowest BCUT2D eigenvalue weighted by Crippen LogP contribution is -2.40. The van der Waals surface area contributed by atoms with Crippen molar-refractivity contribution in [2.75, 3.05) is 18.4 Å². The molecule has 1 N–H and O–H groups in total. The Balaban J connectivity index is 1.39. The van der Waals surface area contributed by atoms with Gasteiger partial charge in [0.2, 0.25) is 5.91 Å². The van der Waals surface area contributed by atoms with Crippen LogP contribution < -0.4 is 5.32 Å². The molecule has 1 aliphatic rings. The zero-order valence-corrected chi connectivity index (χ0v) is 17.1. The van der Waals surface area contributed by atoms with Gasteiger partial charge in [-0.05, 0) is 57.5 Å². The van der Waals surface area contributed by atoms with Crippen molar-refractivity contribution in [2.45, 2.75) is 39.8 Å². The van der Waals surface area contributed by atoms with Gasteiger partial charge in [0.1, 0.15) is 0 Å². The Morgan fingerprint density at radius 1 is 1.31 bits per heavy atom. The number of carbonyl (C=O) groups is 1. The van der Waals surface area contributed by atoms with Crippen molar-refractivity contribution in [1.29, 1.82) is 0 Å². The Morgan fingerprint density at radius 2 is 2.21 bits per heavy atom. The third-order valence-electron chi connectivity index (χ3n) is 5.52. The van der Waals surface area contributed by atoms with Crippen LogP contribution in [0.3, 0.4) is 0 Å². The van der Waals surface area contributed by atoms with Crippen molar-refractivity contribution >= 4 is 11.6 Å². The molecule has 0 aliphatic carbocycles. The SMILES string of the molecule is CCn1cc(CN2CCC[C@H](C(=O)Nc3cccc(-n4cccn4)c3)C2)c(C)n1. The first kappa shape index (κ1) is 19.4. The Labute approximate surface area is 171 Å². The highest BCUT2D eigenvalue weighted by atomic mass is 16.1. The minimum Gasteiger partial charge on any atom is -0.326 e. The average Bonchev–Trinajstić information content (AvgIpc) is 3.39. The van der Waals surface area contributed by atoms with Gasteiger partial charge >= 0.3 is 0 Å². The Kier molecular flexibility index (Phi) is 5.76. The van der Waals surface area contributed by atoms with E-state index in [1.807, 2.05) is 41.2 Å². The van der Waals surface area contributed by atoms with Crippen LogP contribution in [0.5, 0.6) is 0 Å². The van der Waals surface area contributed by atoms with E-state index in [9.17, 15) is 4.79 Å². The highest BCUT2D eigenvalue weighted by molar-refractivity contribution is 5.93. The smallest absolute Gasteiger partial charge is 0.228 e. The number of anilines is 1. The lowest BCUT2D eigenvalue weighted by Gasteiger charge is -2.31. The Bertz CT molecular complexity index is 962. The van der Waals surface area contributed by atoms with Crippen molar-refractivity contribution in [3.63, 3.8) is 0 Å². The van der Waals surface area contributed by atoms with Crippen LogP contribution in [0.1, 0.15) is 31.0 Å². The third kappa shape index (κ3) is 4.56. The summed E-state index contributed by atoms with van der Waals surface area (Å²) in [5.74, 6) is 0.0897. The number of piperidine rings is 1. The molecular weight excluding hydrogens is 364 g/mol. The zero-order chi connectivity index (χ0) is 20.2. The van der Waals surface area contributed by atoms with Crippen molar-refractivity contribution in [2.24, 2.45) is 5.92 Å². The lowest BCUT2D eigenvalue weighted by molar-refractivity contribution is -0.121. The highest BCUT2D eigenvalue weighted by Gasteiger charge is 2.26. The number of benzene rings is 1. The predicted molar refractivity (Wildman–Crippen MR) is 113 cm³/mol. The fraction of sp³-hybridized carbons (Fsp3) is 0.409. The first-order chi connectivity index (χ1) is 14.1. The van der Waals surface area contributed by atoms with Gasteiger partial charge in [0, 0.05) is 49.5 Å². The van der Waals surface area contributed by atoms with E-state index in [1.165, 1.54) is 5.56 Å². The molecule has 7 heteroatoms. The largest absolute Gasteiger partial charge is 0.326 e. The summed E-state index contributed by atoms with van der Waals surface area (Å²) in [4.78, 5) is 15.3. The number of amides is 1. The number of nitrogens with zero attached hydrogens (tertiary/aromatic N) is 5. The maximum absolute atomic E-state index is 12.9. The molecule has 3 aromatic rings. The summed E-state index contributed by atoms with van der Waals surface area (Å²) in [5, 5.41) is 11.9. The van der Waals surface area contributed by atoms with Crippen molar-refractivity contribution in [3.8, 4) is 5.69 Å². The van der Waals surface area contributed by atoms with Crippen LogP contribution in [0.25, 0.3) is 5.69 Å². The number of hydrogen-bond acceptors (Lipinski definition) is 4. The molecule has 152 valence electrons. The van der Waals surface area contributed by atoms with Gasteiger partial charge in [-0.3, -0.25) is 14.4 Å². The van der Waals surface area contributed by atoms with Gasteiger partial charge in [0.05, 0.1) is 17.3 Å². The van der Waals surface area contributed by atoms with Crippen LogP contribution in [-0.4, -0.2) is 43.5 Å². The molecule has 0 radical (unpaired) electrons. The van der Waals surface area contributed by atoms with E-state index < -0.39 is 0 Å². The van der Waals surface area contributed by atoms with Crippen molar-refractivity contribution in [1.82, 2.24) is 24.5 Å². The molecule has 0 spiro atoms. The van der Waals surface area contributed by atoms with Gasteiger partial charge in [-0.15, -0.1) is 0 Å². The second kappa shape index (κ2) is 8.61. The summed E-state index contributed by atoms with van der Waals surface area (Å²) in [6.45, 7) is 7.69. The Hall–Kier alpha value is -2.93. The maximum atomic E-state index is 12.9. The maximum Gasteiger partial charge on any atom is 0.228 e. The van der Waals surface area contributed by atoms with E-state index in [4.69, 9.17) is 0 Å². The van der Waals surface area contributed by atoms with E-state index in [0.717, 1.165) is 56.1 Å². The van der Waals surface area contributed by atoms with Crippen LogP contribution in [0.2, 0.25) is 0 Å². The summed E-state index contributed by atoms with van der Waals surface area (Å²) in [5.41, 5.74) is 4.07. The Morgan fingerprint density at radius 3 is 2.97 bits per heavy atom. The molecule has 3 heterocycles. The van der Waals surface area contributed by atoms with E-state index in [-0.39, 0.29) is 11.8 Å². The number of nitrogens with one attached hydrogen (secondary N) is 1. The third-order valence-corrected chi connectivity index (χ3v) is 5.52. The summed E-state index contributed by atoms with van der Waals surface area (Å²) < 4.78 is 3.77. The minimum absolute atomic E-state index is 0.00126. The summed E-state index contributed by atoms with van der Waals surface area (Å²) >= 11 is 0. The molecule has 1 saturated heterocycles.